The van der Waals surface area contributed by atoms with Gasteiger partial charge in [0.1, 0.15) is 0 Å². The Hall–Kier alpha value is -0.640. The normalized spacial score (nSPS) is 11.2. The van der Waals surface area contributed by atoms with Crippen LogP contribution < -0.4 is 4.57 Å². The Bertz CT molecular complexity index is 387. The zero-order valence-electron chi connectivity index (χ0n) is 8.20. The molecule has 1 rings (SSSR count). The second kappa shape index (κ2) is 5.62. The van der Waals surface area contributed by atoms with Crippen LogP contribution in [0.1, 0.15) is 6.42 Å². The minimum Gasteiger partial charge on any atom is -0.294 e. The van der Waals surface area contributed by atoms with Crippen LogP contribution in [0.4, 0.5) is 0 Å². The third kappa shape index (κ3) is 4.47. The van der Waals surface area contributed by atoms with Crippen molar-refractivity contribution in [2.45, 2.75) is 16.8 Å². The lowest BCUT2D eigenvalue weighted by atomic mass is 10.2. The van der Waals surface area contributed by atoms with Crippen molar-refractivity contribution in [3.8, 4) is 0 Å². The molecule has 1 aromatic heterocycles. The summed E-state index contributed by atoms with van der Waals surface area (Å²) in [5.41, 5.74) is 0. The Morgan fingerprint density at radius 2 is 1.62 bits per heavy atom. The molecule has 0 bridgehead atoms. The lowest BCUT2D eigenvalue weighted by Gasteiger charge is -2.07. The molecule has 6 heteroatoms. The molecule has 0 unspecified atom stereocenters. The summed E-state index contributed by atoms with van der Waals surface area (Å²) in [5, 5.41) is 0. The van der Waals surface area contributed by atoms with Gasteiger partial charge in [-0.2, -0.15) is 4.57 Å². The fourth-order valence-corrected chi connectivity index (χ4v) is 1.28. The number of pyridine rings is 1. The van der Waals surface area contributed by atoms with Crippen molar-refractivity contribution < 1.29 is 14.2 Å². The predicted molar refractivity (Wildman–Crippen MR) is 61.6 cm³/mol. The maximum absolute atomic E-state index is 11.5. The van der Waals surface area contributed by atoms with Gasteiger partial charge in [-0.15, -0.1) is 0 Å². The Kier molecular flexibility index (Phi) is 4.71. The van der Waals surface area contributed by atoms with E-state index in [0.29, 0.717) is 0 Å². The first-order chi connectivity index (χ1) is 7.39. The topological polar surface area (TPSA) is 38.0 Å². The van der Waals surface area contributed by atoms with Gasteiger partial charge in [-0.25, -0.2) is 0 Å². The van der Waals surface area contributed by atoms with Crippen LogP contribution in [0, 0.1) is 0 Å². The summed E-state index contributed by atoms with van der Waals surface area (Å²) in [6.07, 6.45) is 3.06. The number of carbonyl (C=O) groups is 2. The molecule has 0 radical (unpaired) electrons. The van der Waals surface area contributed by atoms with Crippen molar-refractivity contribution in [1.29, 1.82) is 0 Å². The van der Waals surface area contributed by atoms with Gasteiger partial charge in [0.15, 0.2) is 18.2 Å². The lowest BCUT2D eigenvalue weighted by Crippen LogP contribution is -2.38. The summed E-state index contributed by atoms with van der Waals surface area (Å²) < 4.78 is -0.370. The Morgan fingerprint density at radius 1 is 1.06 bits per heavy atom. The fourth-order valence-electron chi connectivity index (χ4n) is 1.08. The third-order valence-electron chi connectivity index (χ3n) is 1.81. The Labute approximate surface area is 108 Å². The van der Waals surface area contributed by atoms with E-state index in [-0.39, 0.29) is 18.7 Å². The van der Waals surface area contributed by atoms with E-state index in [4.69, 9.17) is 34.8 Å². The van der Waals surface area contributed by atoms with Crippen LogP contribution in [-0.2, 0) is 16.1 Å². The monoisotopic (exact) mass is 280 g/mol. The standard InChI is InChI=1S/C10H9Cl3NO2/c11-10(12,13)9(16)6-8(15)7-14-4-2-1-3-5-14/h1-5H,6-7H2/q+1. The smallest absolute Gasteiger partial charge is 0.249 e. The molecule has 86 valence electrons. The average Bonchev–Trinajstić information content (AvgIpc) is 2.17. The van der Waals surface area contributed by atoms with Crippen LogP contribution in [0.2, 0.25) is 0 Å². The molecule has 0 N–H and O–H groups in total. The van der Waals surface area contributed by atoms with Crippen LogP contribution in [-0.4, -0.2) is 15.4 Å². The molecule has 0 saturated heterocycles. The van der Waals surface area contributed by atoms with Gasteiger partial charge in [0.05, 0.1) is 6.42 Å². The van der Waals surface area contributed by atoms with E-state index < -0.39 is 9.58 Å². The van der Waals surface area contributed by atoms with Crippen LogP contribution in [0.5, 0.6) is 0 Å². The molecular weight excluding hydrogens is 272 g/mol. The Balaban J connectivity index is 2.52. The largest absolute Gasteiger partial charge is 0.294 e. The highest BCUT2D eigenvalue weighted by Gasteiger charge is 2.32. The van der Waals surface area contributed by atoms with Crippen molar-refractivity contribution in [1.82, 2.24) is 0 Å². The summed E-state index contributed by atoms with van der Waals surface area (Å²) in [5.74, 6) is -1.01. The zero-order valence-corrected chi connectivity index (χ0v) is 10.5. The molecule has 0 aliphatic heterocycles. The van der Waals surface area contributed by atoms with Gasteiger partial charge in [-0.05, 0) is 0 Å². The van der Waals surface area contributed by atoms with Crippen LogP contribution in [0.3, 0.4) is 0 Å². The van der Waals surface area contributed by atoms with Gasteiger partial charge >= 0.3 is 0 Å². The summed E-state index contributed by atoms with van der Waals surface area (Å²) >= 11 is 16.1. The second-order valence-corrected chi connectivity index (χ2v) is 5.47. The van der Waals surface area contributed by atoms with E-state index in [0.717, 1.165) is 0 Å². The van der Waals surface area contributed by atoms with Crippen molar-refractivity contribution in [2.24, 2.45) is 0 Å². The second-order valence-electron chi connectivity index (χ2n) is 3.18. The molecule has 16 heavy (non-hydrogen) atoms. The molecule has 0 atom stereocenters. The van der Waals surface area contributed by atoms with E-state index in [2.05, 4.69) is 0 Å². The molecule has 0 saturated carbocycles. The third-order valence-corrected chi connectivity index (χ3v) is 2.44. The molecule has 0 aliphatic carbocycles. The summed E-state index contributed by atoms with van der Waals surface area (Å²) in [6, 6.07) is 5.39. The number of hydrogen-bond donors (Lipinski definition) is 0. The summed E-state index contributed by atoms with van der Waals surface area (Å²) in [4.78, 5) is 22.7. The quantitative estimate of drug-likeness (QED) is 0.480. The lowest BCUT2D eigenvalue weighted by molar-refractivity contribution is -0.684. The van der Waals surface area contributed by atoms with E-state index in [9.17, 15) is 9.59 Å². The van der Waals surface area contributed by atoms with Gasteiger partial charge in [0.25, 0.3) is 0 Å². The molecule has 0 spiro atoms. The highest BCUT2D eigenvalue weighted by molar-refractivity contribution is 6.76. The van der Waals surface area contributed by atoms with E-state index >= 15 is 0 Å². The van der Waals surface area contributed by atoms with Gasteiger partial charge in [0.2, 0.25) is 16.1 Å². The summed E-state index contributed by atoms with van der Waals surface area (Å²) in [6.45, 7) is 0.0906. The number of nitrogens with zero attached hydrogens (tertiary/aromatic N) is 1. The fraction of sp³-hybridized carbons (Fsp3) is 0.300. The van der Waals surface area contributed by atoms with Crippen molar-refractivity contribution in [3.63, 3.8) is 0 Å². The first-order valence-electron chi connectivity index (χ1n) is 4.45. The van der Waals surface area contributed by atoms with Gasteiger partial charge < -0.3 is 0 Å². The van der Waals surface area contributed by atoms with Crippen LogP contribution >= 0.6 is 34.8 Å². The zero-order chi connectivity index (χ0) is 12.2. The molecular formula is C10H9Cl3NO2+. The summed E-state index contributed by atoms with van der Waals surface area (Å²) in [7, 11) is 0. The molecule has 0 fully saturated rings. The maximum atomic E-state index is 11.5. The number of alkyl halides is 3. The van der Waals surface area contributed by atoms with Crippen molar-refractivity contribution >= 4 is 46.4 Å². The predicted octanol–water partition coefficient (Wildman–Crippen LogP) is 1.87. The number of carbonyl (C=O) groups excluding carboxylic acids is 2. The highest BCUT2D eigenvalue weighted by atomic mass is 35.6. The van der Waals surface area contributed by atoms with Crippen LogP contribution in [0.25, 0.3) is 0 Å². The van der Waals surface area contributed by atoms with Crippen molar-refractivity contribution in [3.05, 3.63) is 30.6 Å². The molecule has 3 nitrogen and oxygen atoms in total. The minimum absolute atomic E-state index is 0.0906. The van der Waals surface area contributed by atoms with Gasteiger partial charge in [-0.1, -0.05) is 40.9 Å². The van der Waals surface area contributed by atoms with E-state index in [1.165, 1.54) is 0 Å². The number of halogens is 3. The van der Waals surface area contributed by atoms with Crippen molar-refractivity contribution in [2.75, 3.05) is 0 Å². The molecule has 0 aliphatic rings. The first kappa shape index (κ1) is 13.4. The minimum atomic E-state index is -2.02. The Morgan fingerprint density at radius 3 is 2.12 bits per heavy atom. The van der Waals surface area contributed by atoms with E-state index in [1.54, 1.807) is 29.1 Å². The van der Waals surface area contributed by atoms with Crippen LogP contribution in [0.15, 0.2) is 30.6 Å². The SMILES string of the molecule is O=C(CC(=O)C(Cl)(Cl)Cl)C[n+]1ccccc1. The number of hydrogen-bond acceptors (Lipinski definition) is 2. The number of rotatable bonds is 4. The number of ketones is 2. The van der Waals surface area contributed by atoms with Gasteiger partial charge in [-0.3, -0.25) is 9.59 Å². The molecule has 1 heterocycles. The first-order valence-corrected chi connectivity index (χ1v) is 5.59. The maximum Gasteiger partial charge on any atom is 0.249 e. The van der Waals surface area contributed by atoms with Gasteiger partial charge in [0, 0.05) is 12.1 Å². The number of Topliss-reactive ketones (excluding diaryl/α,β-unsaturated/α-hetero) is 2. The molecule has 0 aromatic carbocycles. The average molecular weight is 282 g/mol. The highest BCUT2D eigenvalue weighted by Crippen LogP contribution is 2.28. The molecule has 0 amide bonds. The molecule has 1 aromatic rings. The van der Waals surface area contributed by atoms with E-state index in [1.807, 2.05) is 6.07 Å². The number of aromatic nitrogens is 1.